The summed E-state index contributed by atoms with van der Waals surface area (Å²) in [5.41, 5.74) is 2.08. The van der Waals surface area contributed by atoms with Crippen molar-refractivity contribution in [3.63, 3.8) is 0 Å². The number of pyridine rings is 1. The molecular formula is C23H30N4O2. The number of hydrogen-bond donors (Lipinski definition) is 2. The molecule has 2 atom stereocenters. The summed E-state index contributed by atoms with van der Waals surface area (Å²) in [6.07, 6.45) is 6.98. The number of rotatable bonds is 7. The van der Waals surface area contributed by atoms with Gasteiger partial charge >= 0.3 is 6.03 Å². The van der Waals surface area contributed by atoms with Crippen LogP contribution in [0.1, 0.15) is 49.8 Å². The lowest BCUT2D eigenvalue weighted by atomic mass is 9.88. The van der Waals surface area contributed by atoms with E-state index in [1.165, 1.54) is 0 Å². The van der Waals surface area contributed by atoms with Crippen molar-refractivity contribution >= 4 is 11.9 Å². The number of amides is 3. The first-order chi connectivity index (χ1) is 14.2. The van der Waals surface area contributed by atoms with Crippen molar-refractivity contribution in [2.24, 2.45) is 5.92 Å². The summed E-state index contributed by atoms with van der Waals surface area (Å²) in [6.45, 7) is 3.64. The molecule has 2 heterocycles. The van der Waals surface area contributed by atoms with Crippen LogP contribution >= 0.6 is 0 Å². The van der Waals surface area contributed by atoms with Crippen molar-refractivity contribution in [2.45, 2.75) is 45.2 Å². The van der Waals surface area contributed by atoms with Crippen molar-refractivity contribution < 1.29 is 9.59 Å². The molecule has 0 unspecified atom stereocenters. The van der Waals surface area contributed by atoms with Crippen LogP contribution < -0.4 is 10.6 Å². The zero-order chi connectivity index (χ0) is 20.5. The summed E-state index contributed by atoms with van der Waals surface area (Å²) in [6, 6.07) is 13.8. The van der Waals surface area contributed by atoms with Gasteiger partial charge in [0, 0.05) is 32.0 Å². The zero-order valence-corrected chi connectivity index (χ0v) is 17.0. The number of piperidine rings is 1. The van der Waals surface area contributed by atoms with Crippen molar-refractivity contribution in [3.05, 3.63) is 66.0 Å². The molecule has 1 saturated heterocycles. The van der Waals surface area contributed by atoms with E-state index in [0.717, 1.165) is 36.8 Å². The Balaban J connectivity index is 1.65. The molecule has 0 spiro atoms. The first kappa shape index (κ1) is 20.8. The normalized spacial score (nSPS) is 18.9. The molecule has 2 N–H and O–H groups in total. The van der Waals surface area contributed by atoms with Gasteiger partial charge in [-0.05, 0) is 36.5 Å². The Morgan fingerprint density at radius 3 is 2.66 bits per heavy atom. The first-order valence-corrected chi connectivity index (χ1v) is 10.4. The van der Waals surface area contributed by atoms with Crippen molar-refractivity contribution in [3.8, 4) is 0 Å². The lowest BCUT2D eigenvalue weighted by molar-refractivity contribution is -0.126. The molecule has 1 aliphatic heterocycles. The van der Waals surface area contributed by atoms with E-state index in [0.29, 0.717) is 19.6 Å². The second-order valence-corrected chi connectivity index (χ2v) is 7.52. The maximum Gasteiger partial charge on any atom is 0.317 e. The van der Waals surface area contributed by atoms with E-state index in [-0.39, 0.29) is 23.9 Å². The Labute approximate surface area is 172 Å². The molecule has 3 amide bonds. The highest BCUT2D eigenvalue weighted by molar-refractivity contribution is 5.81. The maximum atomic E-state index is 12.9. The van der Waals surface area contributed by atoms with Crippen molar-refractivity contribution in [1.82, 2.24) is 20.5 Å². The minimum atomic E-state index is -0.205. The fourth-order valence-corrected chi connectivity index (χ4v) is 3.74. The molecule has 0 bridgehead atoms. The van der Waals surface area contributed by atoms with Gasteiger partial charge in [-0.1, -0.05) is 49.7 Å². The molecule has 6 nitrogen and oxygen atoms in total. The Hall–Kier alpha value is -2.89. The van der Waals surface area contributed by atoms with Gasteiger partial charge in [-0.2, -0.15) is 0 Å². The van der Waals surface area contributed by atoms with Gasteiger partial charge in [-0.25, -0.2) is 4.79 Å². The summed E-state index contributed by atoms with van der Waals surface area (Å²) in [5.74, 6) is -0.213. The summed E-state index contributed by atoms with van der Waals surface area (Å²) >= 11 is 0. The van der Waals surface area contributed by atoms with E-state index < -0.39 is 0 Å². The Morgan fingerprint density at radius 2 is 1.93 bits per heavy atom. The van der Waals surface area contributed by atoms with E-state index in [1.807, 2.05) is 35.2 Å². The molecule has 3 rings (SSSR count). The van der Waals surface area contributed by atoms with Gasteiger partial charge in [0.15, 0.2) is 0 Å². The number of carbonyl (C=O) groups is 2. The highest BCUT2D eigenvalue weighted by Crippen LogP contribution is 2.33. The maximum absolute atomic E-state index is 12.9. The van der Waals surface area contributed by atoms with Crippen molar-refractivity contribution in [2.75, 3.05) is 13.1 Å². The number of nitrogens with zero attached hydrogens (tertiary/aromatic N) is 2. The number of carbonyl (C=O) groups excluding carboxylic acids is 2. The SMILES string of the molecule is CCCCNC(=O)N1C[C@H](C(=O)NCc2cccnc2)CC[C@H]1c1ccccc1. The highest BCUT2D eigenvalue weighted by atomic mass is 16.2. The van der Waals surface area contributed by atoms with Crippen LogP contribution in [-0.2, 0) is 11.3 Å². The van der Waals surface area contributed by atoms with E-state index in [1.54, 1.807) is 12.4 Å². The molecule has 1 fully saturated rings. The standard InChI is InChI=1S/C23H30N4O2/c1-2-3-14-25-23(29)27-17-20(11-12-21(27)19-9-5-4-6-10-19)22(28)26-16-18-8-7-13-24-15-18/h4-10,13,15,20-21H,2-3,11-12,14,16-17H2,1H3,(H,25,29)(H,26,28)/t20-,21+/m1/s1. The van der Waals surface area contributed by atoms with Gasteiger partial charge in [0.2, 0.25) is 5.91 Å². The van der Waals surface area contributed by atoms with Crippen LogP contribution in [0.2, 0.25) is 0 Å². The molecule has 0 aliphatic carbocycles. The predicted molar refractivity (Wildman–Crippen MR) is 113 cm³/mol. The van der Waals surface area contributed by atoms with Crippen molar-refractivity contribution in [1.29, 1.82) is 0 Å². The summed E-state index contributed by atoms with van der Waals surface area (Å²) < 4.78 is 0. The Morgan fingerprint density at radius 1 is 1.10 bits per heavy atom. The number of urea groups is 1. The molecule has 154 valence electrons. The monoisotopic (exact) mass is 394 g/mol. The number of benzene rings is 1. The summed E-state index contributed by atoms with van der Waals surface area (Å²) in [5, 5.41) is 6.02. The van der Waals surface area contributed by atoms with Gasteiger partial charge in [0.25, 0.3) is 0 Å². The predicted octanol–water partition coefficient (Wildman–Crippen LogP) is 3.66. The number of unbranched alkanes of at least 4 members (excludes halogenated alkanes) is 1. The van der Waals surface area contributed by atoms with Crippen LogP contribution in [-0.4, -0.2) is 34.9 Å². The highest BCUT2D eigenvalue weighted by Gasteiger charge is 2.35. The van der Waals surface area contributed by atoms with Gasteiger partial charge in [0.05, 0.1) is 12.0 Å². The molecule has 6 heteroatoms. The molecule has 2 aromatic rings. The molecule has 0 saturated carbocycles. The minimum Gasteiger partial charge on any atom is -0.352 e. The van der Waals surface area contributed by atoms with Gasteiger partial charge in [-0.3, -0.25) is 9.78 Å². The molecule has 1 aromatic carbocycles. The Bertz CT molecular complexity index is 782. The van der Waals surface area contributed by atoms with Gasteiger partial charge < -0.3 is 15.5 Å². The van der Waals surface area contributed by atoms with E-state index in [9.17, 15) is 9.59 Å². The third-order valence-corrected chi connectivity index (χ3v) is 5.39. The lowest BCUT2D eigenvalue weighted by Crippen LogP contribution is -2.50. The average molecular weight is 395 g/mol. The van der Waals surface area contributed by atoms with Crippen LogP contribution in [0.5, 0.6) is 0 Å². The lowest BCUT2D eigenvalue weighted by Gasteiger charge is -2.39. The molecule has 1 aliphatic rings. The molecule has 1 aromatic heterocycles. The number of hydrogen-bond acceptors (Lipinski definition) is 3. The third-order valence-electron chi connectivity index (χ3n) is 5.39. The second-order valence-electron chi connectivity index (χ2n) is 7.52. The van der Waals surface area contributed by atoms with Gasteiger partial charge in [-0.15, -0.1) is 0 Å². The fourth-order valence-electron chi connectivity index (χ4n) is 3.74. The quantitative estimate of drug-likeness (QED) is 0.704. The van der Waals surface area contributed by atoms with Crippen LogP contribution in [0, 0.1) is 5.92 Å². The topological polar surface area (TPSA) is 74.3 Å². The van der Waals surface area contributed by atoms with Crippen LogP contribution in [0.25, 0.3) is 0 Å². The van der Waals surface area contributed by atoms with Gasteiger partial charge in [0.1, 0.15) is 0 Å². The minimum absolute atomic E-state index is 0.000185. The Kier molecular flexibility index (Phi) is 7.61. The van der Waals surface area contributed by atoms with Crippen LogP contribution in [0.15, 0.2) is 54.9 Å². The smallest absolute Gasteiger partial charge is 0.317 e. The zero-order valence-electron chi connectivity index (χ0n) is 17.0. The average Bonchev–Trinajstić information content (AvgIpc) is 2.78. The second kappa shape index (κ2) is 10.6. The number of aromatic nitrogens is 1. The van der Waals surface area contributed by atoms with E-state index in [4.69, 9.17) is 0 Å². The number of nitrogens with one attached hydrogen (secondary N) is 2. The van der Waals surface area contributed by atoms with Crippen LogP contribution in [0.3, 0.4) is 0 Å². The van der Waals surface area contributed by atoms with Crippen LogP contribution in [0.4, 0.5) is 4.79 Å². The van der Waals surface area contributed by atoms with E-state index >= 15 is 0 Å². The molecule has 0 radical (unpaired) electrons. The fraction of sp³-hybridized carbons (Fsp3) is 0.435. The third kappa shape index (κ3) is 5.79. The first-order valence-electron chi connectivity index (χ1n) is 10.4. The molecule has 29 heavy (non-hydrogen) atoms. The summed E-state index contributed by atoms with van der Waals surface area (Å²) in [4.78, 5) is 31.5. The molecular weight excluding hydrogens is 364 g/mol. The number of likely N-dealkylation sites (tertiary alicyclic amines) is 1. The largest absolute Gasteiger partial charge is 0.352 e. The summed E-state index contributed by atoms with van der Waals surface area (Å²) in [7, 11) is 0. The van der Waals surface area contributed by atoms with E-state index in [2.05, 4.69) is 34.7 Å².